The van der Waals surface area contributed by atoms with Crippen LogP contribution in [0.25, 0.3) is 0 Å². The molecule has 0 aliphatic heterocycles. The molecule has 0 aromatic heterocycles. The van der Waals surface area contributed by atoms with Gasteiger partial charge >= 0.3 is 0 Å². The Morgan fingerprint density at radius 3 is 2.87 bits per heavy atom. The fourth-order valence-corrected chi connectivity index (χ4v) is 1.85. The number of rotatable bonds is 4. The number of alkyl halides is 1. The summed E-state index contributed by atoms with van der Waals surface area (Å²) < 4.78 is 5.61. The second-order valence-electron chi connectivity index (χ2n) is 3.82. The molecular weight excluding hydrogens is 254 g/mol. The van der Waals surface area contributed by atoms with Gasteiger partial charge in [-0.05, 0) is 36.5 Å². The topological polar surface area (TPSA) is 33.0 Å². The maximum atomic E-state index is 8.94. The molecule has 0 amide bonds. The normalized spacial score (nSPS) is 14.7. The van der Waals surface area contributed by atoms with Gasteiger partial charge in [-0.3, -0.25) is 0 Å². The molecule has 2 rings (SSSR count). The van der Waals surface area contributed by atoms with Gasteiger partial charge in [-0.15, -0.1) is 0 Å². The highest BCUT2D eigenvalue weighted by Crippen LogP contribution is 2.30. The monoisotopic (exact) mass is 265 g/mol. The molecule has 0 heterocycles. The predicted molar refractivity (Wildman–Crippen MR) is 62.0 cm³/mol. The van der Waals surface area contributed by atoms with Crippen molar-refractivity contribution in [3.8, 4) is 11.8 Å². The first-order chi connectivity index (χ1) is 7.33. The first-order valence-electron chi connectivity index (χ1n) is 5.05. The summed E-state index contributed by atoms with van der Waals surface area (Å²) in [7, 11) is 0. The van der Waals surface area contributed by atoms with Gasteiger partial charge in [0.1, 0.15) is 5.75 Å². The van der Waals surface area contributed by atoms with Crippen LogP contribution in [-0.4, -0.2) is 6.61 Å². The lowest BCUT2D eigenvalue weighted by atomic mass is 10.1. The van der Waals surface area contributed by atoms with Crippen LogP contribution in [0.2, 0.25) is 0 Å². The van der Waals surface area contributed by atoms with E-state index in [1.807, 2.05) is 18.2 Å². The Balaban J connectivity index is 2.08. The summed E-state index contributed by atoms with van der Waals surface area (Å²) in [4.78, 5) is 0. The molecule has 0 unspecified atom stereocenters. The Morgan fingerprint density at radius 1 is 1.47 bits per heavy atom. The number of halogens is 1. The number of benzene rings is 1. The van der Waals surface area contributed by atoms with Gasteiger partial charge in [0.2, 0.25) is 0 Å². The molecule has 0 spiro atoms. The molecule has 15 heavy (non-hydrogen) atoms. The van der Waals surface area contributed by atoms with Crippen LogP contribution >= 0.6 is 15.9 Å². The Hall–Kier alpha value is -1.01. The summed E-state index contributed by atoms with van der Waals surface area (Å²) in [6.07, 6.45) is 2.56. The quantitative estimate of drug-likeness (QED) is 0.784. The van der Waals surface area contributed by atoms with Gasteiger partial charge in [0, 0.05) is 5.33 Å². The summed E-state index contributed by atoms with van der Waals surface area (Å²) in [5.74, 6) is 1.55. The molecule has 0 saturated heterocycles. The van der Waals surface area contributed by atoms with Crippen molar-refractivity contribution in [3.63, 3.8) is 0 Å². The molecule has 0 N–H and O–H groups in total. The fraction of sp³-hybridized carbons (Fsp3) is 0.417. The van der Waals surface area contributed by atoms with Gasteiger partial charge in [0.25, 0.3) is 0 Å². The highest BCUT2D eigenvalue weighted by molar-refractivity contribution is 9.08. The minimum atomic E-state index is 0.695. The zero-order valence-electron chi connectivity index (χ0n) is 8.37. The SMILES string of the molecule is N#Cc1cc(OCC2CC2)ccc1CBr. The molecule has 3 heteroatoms. The van der Waals surface area contributed by atoms with E-state index in [4.69, 9.17) is 10.00 Å². The second-order valence-corrected chi connectivity index (χ2v) is 4.38. The van der Waals surface area contributed by atoms with E-state index in [1.165, 1.54) is 12.8 Å². The maximum Gasteiger partial charge on any atom is 0.120 e. The van der Waals surface area contributed by atoms with Gasteiger partial charge in [0.05, 0.1) is 18.2 Å². The van der Waals surface area contributed by atoms with E-state index in [0.29, 0.717) is 10.9 Å². The lowest BCUT2D eigenvalue weighted by Gasteiger charge is -2.06. The van der Waals surface area contributed by atoms with Crippen molar-refractivity contribution in [1.82, 2.24) is 0 Å². The van der Waals surface area contributed by atoms with Crippen LogP contribution in [-0.2, 0) is 5.33 Å². The van der Waals surface area contributed by atoms with E-state index in [9.17, 15) is 0 Å². The molecule has 0 bridgehead atoms. The zero-order chi connectivity index (χ0) is 10.7. The van der Waals surface area contributed by atoms with Crippen LogP contribution < -0.4 is 4.74 Å². The van der Waals surface area contributed by atoms with Crippen molar-refractivity contribution in [3.05, 3.63) is 29.3 Å². The van der Waals surface area contributed by atoms with Crippen LogP contribution in [0, 0.1) is 17.2 Å². The van der Waals surface area contributed by atoms with Crippen LogP contribution in [0.3, 0.4) is 0 Å². The number of hydrogen-bond acceptors (Lipinski definition) is 2. The van der Waals surface area contributed by atoms with Crippen molar-refractivity contribution >= 4 is 15.9 Å². The van der Waals surface area contributed by atoms with Gasteiger partial charge in [-0.2, -0.15) is 5.26 Å². The number of ether oxygens (including phenoxy) is 1. The molecule has 0 atom stereocenters. The third-order valence-corrected chi connectivity index (χ3v) is 3.13. The van der Waals surface area contributed by atoms with Crippen LogP contribution in [0.1, 0.15) is 24.0 Å². The number of nitrogens with zero attached hydrogens (tertiary/aromatic N) is 1. The van der Waals surface area contributed by atoms with Gasteiger partial charge in [-0.1, -0.05) is 22.0 Å². The number of hydrogen-bond donors (Lipinski definition) is 0. The first-order valence-corrected chi connectivity index (χ1v) is 6.17. The molecule has 1 saturated carbocycles. The molecule has 1 aliphatic carbocycles. The zero-order valence-corrected chi connectivity index (χ0v) is 9.96. The lowest BCUT2D eigenvalue weighted by molar-refractivity contribution is 0.299. The van der Waals surface area contributed by atoms with E-state index in [1.54, 1.807) is 0 Å². The largest absolute Gasteiger partial charge is 0.493 e. The van der Waals surface area contributed by atoms with E-state index in [-0.39, 0.29) is 0 Å². The van der Waals surface area contributed by atoms with E-state index >= 15 is 0 Å². The number of nitriles is 1. The van der Waals surface area contributed by atoms with E-state index < -0.39 is 0 Å². The smallest absolute Gasteiger partial charge is 0.120 e. The highest BCUT2D eigenvalue weighted by atomic mass is 79.9. The Labute approximate surface area is 98.0 Å². The molecule has 2 nitrogen and oxygen atoms in total. The third-order valence-electron chi connectivity index (χ3n) is 2.53. The Bertz CT molecular complexity index is 393. The summed E-state index contributed by atoms with van der Waals surface area (Å²) in [6.45, 7) is 0.790. The predicted octanol–water partition coefficient (Wildman–Crippen LogP) is 3.24. The molecule has 78 valence electrons. The van der Waals surface area contributed by atoms with Crippen LogP contribution in [0.4, 0.5) is 0 Å². The van der Waals surface area contributed by atoms with Crippen LogP contribution in [0.15, 0.2) is 18.2 Å². The van der Waals surface area contributed by atoms with E-state index in [2.05, 4.69) is 22.0 Å². The van der Waals surface area contributed by atoms with Crippen LogP contribution in [0.5, 0.6) is 5.75 Å². The van der Waals surface area contributed by atoms with Crippen molar-refractivity contribution < 1.29 is 4.74 Å². The maximum absolute atomic E-state index is 8.94. The molecule has 1 aliphatic rings. The van der Waals surface area contributed by atoms with E-state index in [0.717, 1.165) is 23.8 Å². The minimum absolute atomic E-state index is 0.695. The van der Waals surface area contributed by atoms with Gasteiger partial charge in [-0.25, -0.2) is 0 Å². The summed E-state index contributed by atoms with van der Waals surface area (Å²) >= 11 is 3.35. The highest BCUT2D eigenvalue weighted by Gasteiger charge is 2.21. The minimum Gasteiger partial charge on any atom is -0.493 e. The Kier molecular flexibility index (Phi) is 3.27. The third kappa shape index (κ3) is 2.73. The summed E-state index contributed by atoms with van der Waals surface area (Å²) in [5.41, 5.74) is 1.71. The molecule has 1 aromatic rings. The van der Waals surface area contributed by atoms with Crippen molar-refractivity contribution in [1.29, 1.82) is 5.26 Å². The fourth-order valence-electron chi connectivity index (χ4n) is 1.36. The van der Waals surface area contributed by atoms with Crippen molar-refractivity contribution in [2.45, 2.75) is 18.2 Å². The first kappa shape index (κ1) is 10.5. The van der Waals surface area contributed by atoms with Crippen molar-refractivity contribution in [2.75, 3.05) is 6.61 Å². The van der Waals surface area contributed by atoms with Gasteiger partial charge in [0.15, 0.2) is 0 Å². The summed E-state index contributed by atoms with van der Waals surface area (Å²) in [5, 5.41) is 9.64. The summed E-state index contributed by atoms with van der Waals surface area (Å²) in [6, 6.07) is 7.87. The molecular formula is C12H12BrNO. The average Bonchev–Trinajstić information content (AvgIpc) is 3.09. The van der Waals surface area contributed by atoms with Crippen molar-refractivity contribution in [2.24, 2.45) is 5.92 Å². The second kappa shape index (κ2) is 4.67. The lowest BCUT2D eigenvalue weighted by Crippen LogP contribution is -1.99. The van der Waals surface area contributed by atoms with Gasteiger partial charge < -0.3 is 4.74 Å². The Morgan fingerprint density at radius 2 is 2.27 bits per heavy atom. The average molecular weight is 266 g/mol. The standard InChI is InChI=1S/C12H12BrNO/c13-6-10-3-4-12(5-11(10)7-14)15-8-9-1-2-9/h3-5,9H,1-2,6,8H2. The molecule has 0 radical (unpaired) electrons. The molecule has 1 fully saturated rings. The molecule has 1 aromatic carbocycles.